The van der Waals surface area contributed by atoms with Crippen LogP contribution in [0.3, 0.4) is 0 Å². The SMILES string of the molecule is Clc1ccc(-c2nc(-c3cccnc3)no2)c(Cl)c1. The monoisotopic (exact) mass is 291 g/mol. The number of hydrogen-bond donors (Lipinski definition) is 0. The molecule has 0 fully saturated rings. The first-order valence-corrected chi connectivity index (χ1v) is 6.19. The van der Waals surface area contributed by atoms with Crippen molar-refractivity contribution in [2.24, 2.45) is 0 Å². The Labute approximate surface area is 119 Å². The van der Waals surface area contributed by atoms with E-state index in [0.29, 0.717) is 27.3 Å². The van der Waals surface area contributed by atoms with Crippen LogP contribution in [0.15, 0.2) is 47.2 Å². The molecule has 94 valence electrons. The van der Waals surface area contributed by atoms with Gasteiger partial charge in [0, 0.05) is 23.0 Å². The molecule has 0 saturated carbocycles. The Kier molecular flexibility index (Phi) is 3.19. The van der Waals surface area contributed by atoms with E-state index in [1.54, 1.807) is 36.7 Å². The Hall–Kier alpha value is -1.91. The van der Waals surface area contributed by atoms with E-state index in [4.69, 9.17) is 27.7 Å². The molecule has 0 atom stereocenters. The smallest absolute Gasteiger partial charge is 0.259 e. The molecule has 0 radical (unpaired) electrons. The third-order valence-corrected chi connectivity index (χ3v) is 3.06. The van der Waals surface area contributed by atoms with Gasteiger partial charge in [0.25, 0.3) is 5.89 Å². The fourth-order valence-corrected chi connectivity index (χ4v) is 2.10. The van der Waals surface area contributed by atoms with E-state index in [2.05, 4.69) is 15.1 Å². The van der Waals surface area contributed by atoms with Crippen LogP contribution in [-0.4, -0.2) is 15.1 Å². The summed E-state index contributed by atoms with van der Waals surface area (Å²) in [5.41, 5.74) is 1.43. The molecule has 1 aromatic carbocycles. The number of pyridine rings is 1. The summed E-state index contributed by atoms with van der Waals surface area (Å²) in [6, 6.07) is 8.75. The van der Waals surface area contributed by atoms with E-state index in [1.165, 1.54) is 0 Å². The maximum Gasteiger partial charge on any atom is 0.259 e. The molecule has 19 heavy (non-hydrogen) atoms. The number of hydrogen-bond acceptors (Lipinski definition) is 4. The highest BCUT2D eigenvalue weighted by molar-refractivity contribution is 6.36. The summed E-state index contributed by atoms with van der Waals surface area (Å²) in [6.07, 6.45) is 3.35. The molecular weight excluding hydrogens is 285 g/mol. The van der Waals surface area contributed by atoms with Crippen molar-refractivity contribution in [1.82, 2.24) is 15.1 Å². The summed E-state index contributed by atoms with van der Waals surface area (Å²) in [7, 11) is 0. The second-order valence-corrected chi connectivity index (χ2v) is 4.63. The van der Waals surface area contributed by atoms with Crippen molar-refractivity contribution in [3.8, 4) is 22.8 Å². The predicted molar refractivity (Wildman–Crippen MR) is 73.0 cm³/mol. The Morgan fingerprint density at radius 1 is 1.11 bits per heavy atom. The van der Waals surface area contributed by atoms with E-state index < -0.39 is 0 Å². The molecule has 0 spiro atoms. The normalized spacial score (nSPS) is 10.6. The second kappa shape index (κ2) is 4.99. The highest BCUT2D eigenvalue weighted by atomic mass is 35.5. The van der Waals surface area contributed by atoms with Gasteiger partial charge in [-0.05, 0) is 30.3 Å². The highest BCUT2D eigenvalue weighted by Gasteiger charge is 2.13. The summed E-state index contributed by atoms with van der Waals surface area (Å²) >= 11 is 11.9. The summed E-state index contributed by atoms with van der Waals surface area (Å²) in [5.74, 6) is 0.814. The van der Waals surface area contributed by atoms with E-state index in [-0.39, 0.29) is 0 Å². The van der Waals surface area contributed by atoms with E-state index >= 15 is 0 Å². The molecule has 0 aliphatic heterocycles. The van der Waals surface area contributed by atoms with Gasteiger partial charge >= 0.3 is 0 Å². The highest BCUT2D eigenvalue weighted by Crippen LogP contribution is 2.30. The lowest BCUT2D eigenvalue weighted by molar-refractivity contribution is 0.432. The van der Waals surface area contributed by atoms with Crippen LogP contribution in [0.2, 0.25) is 10.0 Å². The summed E-state index contributed by atoms with van der Waals surface area (Å²) in [6.45, 7) is 0. The lowest BCUT2D eigenvalue weighted by Gasteiger charge is -1.98. The Morgan fingerprint density at radius 3 is 2.74 bits per heavy atom. The van der Waals surface area contributed by atoms with E-state index in [9.17, 15) is 0 Å². The van der Waals surface area contributed by atoms with Crippen LogP contribution >= 0.6 is 23.2 Å². The van der Waals surface area contributed by atoms with Crippen molar-refractivity contribution in [1.29, 1.82) is 0 Å². The zero-order valence-electron chi connectivity index (χ0n) is 9.55. The largest absolute Gasteiger partial charge is 0.334 e. The van der Waals surface area contributed by atoms with Crippen LogP contribution in [0.25, 0.3) is 22.8 Å². The molecule has 0 aliphatic carbocycles. The second-order valence-electron chi connectivity index (χ2n) is 3.79. The van der Waals surface area contributed by atoms with Gasteiger partial charge in [0.15, 0.2) is 0 Å². The molecule has 0 amide bonds. The molecule has 2 heterocycles. The molecule has 2 aromatic heterocycles. The molecule has 6 heteroatoms. The van der Waals surface area contributed by atoms with Gasteiger partial charge in [-0.1, -0.05) is 28.4 Å². The van der Waals surface area contributed by atoms with E-state index in [1.807, 2.05) is 6.07 Å². The summed E-state index contributed by atoms with van der Waals surface area (Å²) in [4.78, 5) is 8.30. The Morgan fingerprint density at radius 2 is 2.00 bits per heavy atom. The average Bonchev–Trinajstić information content (AvgIpc) is 2.89. The minimum Gasteiger partial charge on any atom is -0.334 e. The van der Waals surface area contributed by atoms with Crippen LogP contribution in [0.5, 0.6) is 0 Å². The minimum absolute atomic E-state index is 0.348. The van der Waals surface area contributed by atoms with Gasteiger partial charge in [0.05, 0.1) is 10.6 Å². The average molecular weight is 292 g/mol. The van der Waals surface area contributed by atoms with Crippen molar-refractivity contribution >= 4 is 23.2 Å². The van der Waals surface area contributed by atoms with Gasteiger partial charge in [-0.2, -0.15) is 4.98 Å². The Bertz CT molecular complexity index is 713. The van der Waals surface area contributed by atoms with Crippen LogP contribution in [0, 0.1) is 0 Å². The van der Waals surface area contributed by atoms with Crippen LogP contribution < -0.4 is 0 Å². The number of rotatable bonds is 2. The fourth-order valence-electron chi connectivity index (χ4n) is 1.61. The molecule has 0 saturated heterocycles. The first kappa shape index (κ1) is 12.1. The van der Waals surface area contributed by atoms with Crippen molar-refractivity contribution in [2.75, 3.05) is 0 Å². The first-order chi connectivity index (χ1) is 9.24. The third kappa shape index (κ3) is 2.45. The molecular formula is C13H7Cl2N3O. The quantitative estimate of drug-likeness (QED) is 0.713. The standard InChI is InChI=1S/C13H7Cl2N3O/c14-9-3-4-10(11(15)6-9)13-17-12(18-19-13)8-2-1-5-16-7-8/h1-7H. The predicted octanol–water partition coefficient (Wildman–Crippen LogP) is 4.11. The molecule has 0 bridgehead atoms. The molecule has 0 unspecified atom stereocenters. The summed E-state index contributed by atoms with van der Waals surface area (Å²) < 4.78 is 5.21. The topological polar surface area (TPSA) is 51.8 Å². The van der Waals surface area contributed by atoms with Crippen LogP contribution in [0.1, 0.15) is 0 Å². The lowest BCUT2D eigenvalue weighted by atomic mass is 10.2. The van der Waals surface area contributed by atoms with Crippen molar-refractivity contribution in [3.05, 3.63) is 52.8 Å². The van der Waals surface area contributed by atoms with Gasteiger partial charge in [-0.25, -0.2) is 0 Å². The van der Waals surface area contributed by atoms with Gasteiger partial charge in [0.1, 0.15) is 0 Å². The maximum absolute atomic E-state index is 6.09. The van der Waals surface area contributed by atoms with Crippen molar-refractivity contribution in [3.63, 3.8) is 0 Å². The van der Waals surface area contributed by atoms with Crippen molar-refractivity contribution < 1.29 is 4.52 Å². The molecule has 0 aliphatic rings. The molecule has 3 rings (SSSR count). The zero-order valence-corrected chi connectivity index (χ0v) is 11.1. The van der Waals surface area contributed by atoms with E-state index in [0.717, 1.165) is 5.56 Å². The minimum atomic E-state index is 0.348. The van der Waals surface area contributed by atoms with Gasteiger partial charge in [-0.15, -0.1) is 0 Å². The Balaban J connectivity index is 2.02. The van der Waals surface area contributed by atoms with Crippen LogP contribution in [-0.2, 0) is 0 Å². The van der Waals surface area contributed by atoms with Crippen LogP contribution in [0.4, 0.5) is 0 Å². The fraction of sp³-hybridized carbons (Fsp3) is 0. The molecule has 4 nitrogen and oxygen atoms in total. The lowest BCUT2D eigenvalue weighted by Crippen LogP contribution is -1.82. The zero-order chi connectivity index (χ0) is 13.2. The number of aromatic nitrogens is 3. The third-order valence-electron chi connectivity index (χ3n) is 2.51. The summed E-state index contributed by atoms with van der Waals surface area (Å²) in [5, 5.41) is 4.93. The maximum atomic E-state index is 6.09. The molecule has 3 aromatic rings. The number of benzene rings is 1. The van der Waals surface area contributed by atoms with Gasteiger partial charge in [-0.3, -0.25) is 4.98 Å². The van der Waals surface area contributed by atoms with Gasteiger partial charge in [0.2, 0.25) is 5.82 Å². The number of nitrogens with zero attached hydrogens (tertiary/aromatic N) is 3. The first-order valence-electron chi connectivity index (χ1n) is 5.43. The molecule has 0 N–H and O–H groups in total. The van der Waals surface area contributed by atoms with Gasteiger partial charge < -0.3 is 4.52 Å². The number of halogens is 2. The van der Waals surface area contributed by atoms with Crippen molar-refractivity contribution in [2.45, 2.75) is 0 Å².